The number of nitrogens with one attached hydrogen (secondary N) is 1. The van der Waals surface area contributed by atoms with E-state index in [0.29, 0.717) is 12.5 Å². The fourth-order valence-electron chi connectivity index (χ4n) is 3.01. The first kappa shape index (κ1) is 21.8. The number of carbonyl (C=O) groups excluding carboxylic acids is 1. The van der Waals surface area contributed by atoms with Crippen molar-refractivity contribution in [3.05, 3.63) is 59.7 Å². The van der Waals surface area contributed by atoms with Gasteiger partial charge in [-0.25, -0.2) is 0 Å². The van der Waals surface area contributed by atoms with Crippen molar-refractivity contribution >= 4 is 5.91 Å². The number of rotatable bonds is 11. The molecule has 2 aromatic rings. The molecule has 0 saturated heterocycles. The van der Waals surface area contributed by atoms with Crippen LogP contribution in [0.5, 0.6) is 11.5 Å². The lowest BCUT2D eigenvalue weighted by Gasteiger charge is -2.18. The topological polar surface area (TPSA) is 47.6 Å². The van der Waals surface area contributed by atoms with E-state index in [9.17, 15) is 4.79 Å². The van der Waals surface area contributed by atoms with E-state index >= 15 is 0 Å². The molecule has 0 fully saturated rings. The molecule has 0 aromatic heterocycles. The summed E-state index contributed by atoms with van der Waals surface area (Å²) in [6.45, 7) is 9.46. The number of ether oxygens (including phenoxy) is 2. The number of hydrogen-bond acceptors (Lipinski definition) is 3. The van der Waals surface area contributed by atoms with Gasteiger partial charge in [0.15, 0.2) is 6.10 Å². The van der Waals surface area contributed by atoms with Gasteiger partial charge in [0.25, 0.3) is 5.91 Å². The molecule has 0 spiro atoms. The second-order valence-electron chi connectivity index (χ2n) is 7.30. The van der Waals surface area contributed by atoms with E-state index < -0.39 is 6.10 Å². The van der Waals surface area contributed by atoms with Crippen LogP contribution in [0.15, 0.2) is 48.5 Å². The minimum Gasteiger partial charge on any atom is -0.493 e. The summed E-state index contributed by atoms with van der Waals surface area (Å²) in [5.41, 5.74) is 2.30. The SMILES string of the molecule is CCCOc1ccccc1CCCNC(=O)[C@H](C)Oc1ccccc1C(C)C. The van der Waals surface area contributed by atoms with E-state index in [4.69, 9.17) is 9.47 Å². The summed E-state index contributed by atoms with van der Waals surface area (Å²) in [6, 6.07) is 16.0. The molecule has 1 atom stereocenters. The predicted molar refractivity (Wildman–Crippen MR) is 114 cm³/mol. The third-order valence-electron chi connectivity index (χ3n) is 4.57. The molecule has 0 bridgehead atoms. The zero-order chi connectivity index (χ0) is 20.4. The fraction of sp³-hybridized carbons (Fsp3) is 0.458. The molecule has 0 aliphatic rings. The van der Waals surface area contributed by atoms with Crippen LogP contribution in [0.1, 0.15) is 57.6 Å². The Morgan fingerprint density at radius 1 is 1.00 bits per heavy atom. The minimum absolute atomic E-state index is 0.0888. The van der Waals surface area contributed by atoms with E-state index in [0.717, 1.165) is 42.9 Å². The van der Waals surface area contributed by atoms with Crippen molar-refractivity contribution in [3.8, 4) is 11.5 Å². The summed E-state index contributed by atoms with van der Waals surface area (Å²) >= 11 is 0. The van der Waals surface area contributed by atoms with Crippen molar-refractivity contribution in [1.29, 1.82) is 0 Å². The van der Waals surface area contributed by atoms with Gasteiger partial charge >= 0.3 is 0 Å². The van der Waals surface area contributed by atoms with Crippen molar-refractivity contribution in [2.24, 2.45) is 0 Å². The van der Waals surface area contributed by atoms with E-state index in [1.807, 2.05) is 42.5 Å². The van der Waals surface area contributed by atoms with Gasteiger partial charge in [-0.1, -0.05) is 57.2 Å². The van der Waals surface area contributed by atoms with E-state index in [-0.39, 0.29) is 5.91 Å². The Bertz CT molecular complexity index is 742. The van der Waals surface area contributed by atoms with Crippen LogP contribution in [0.3, 0.4) is 0 Å². The highest BCUT2D eigenvalue weighted by Crippen LogP contribution is 2.26. The third kappa shape index (κ3) is 6.59. The Balaban J connectivity index is 1.80. The first-order valence-electron chi connectivity index (χ1n) is 10.3. The molecule has 0 unspecified atom stereocenters. The number of aryl methyl sites for hydroxylation is 1. The molecule has 0 radical (unpaired) electrons. The Labute approximate surface area is 169 Å². The molecule has 0 aliphatic carbocycles. The number of amides is 1. The van der Waals surface area contributed by atoms with Gasteiger partial charge in [0.2, 0.25) is 0 Å². The predicted octanol–water partition coefficient (Wildman–Crippen LogP) is 5.12. The average molecular weight is 384 g/mol. The van der Waals surface area contributed by atoms with Gasteiger partial charge in [-0.15, -0.1) is 0 Å². The monoisotopic (exact) mass is 383 g/mol. The van der Waals surface area contributed by atoms with Crippen LogP contribution in [0.25, 0.3) is 0 Å². The summed E-state index contributed by atoms with van der Waals surface area (Å²) in [5, 5.41) is 2.98. The first-order chi connectivity index (χ1) is 13.5. The highest BCUT2D eigenvalue weighted by Gasteiger charge is 2.16. The summed E-state index contributed by atoms with van der Waals surface area (Å²) in [5.74, 6) is 1.98. The third-order valence-corrected chi connectivity index (χ3v) is 4.57. The molecule has 2 rings (SSSR count). The van der Waals surface area contributed by atoms with Crippen LogP contribution < -0.4 is 14.8 Å². The highest BCUT2D eigenvalue weighted by molar-refractivity contribution is 5.80. The van der Waals surface area contributed by atoms with E-state index in [1.54, 1.807) is 6.92 Å². The maximum absolute atomic E-state index is 12.4. The average Bonchev–Trinajstić information content (AvgIpc) is 2.70. The molecule has 0 saturated carbocycles. The maximum Gasteiger partial charge on any atom is 0.260 e. The molecular formula is C24H33NO3. The van der Waals surface area contributed by atoms with Crippen molar-refractivity contribution in [2.75, 3.05) is 13.2 Å². The minimum atomic E-state index is -0.528. The molecule has 0 aliphatic heterocycles. The van der Waals surface area contributed by atoms with E-state index in [2.05, 4.69) is 32.2 Å². The smallest absolute Gasteiger partial charge is 0.260 e. The molecule has 152 valence electrons. The number of hydrogen-bond donors (Lipinski definition) is 1. The van der Waals surface area contributed by atoms with Gasteiger partial charge in [0.05, 0.1) is 6.61 Å². The molecule has 4 heteroatoms. The number of carbonyl (C=O) groups is 1. The molecular weight excluding hydrogens is 350 g/mol. The van der Waals surface area contributed by atoms with Gasteiger partial charge < -0.3 is 14.8 Å². The molecule has 1 amide bonds. The van der Waals surface area contributed by atoms with E-state index in [1.165, 1.54) is 5.56 Å². The molecule has 0 heterocycles. The first-order valence-corrected chi connectivity index (χ1v) is 10.3. The van der Waals surface area contributed by atoms with Crippen LogP contribution >= 0.6 is 0 Å². The van der Waals surface area contributed by atoms with Gasteiger partial charge in [-0.05, 0) is 55.4 Å². The lowest BCUT2D eigenvalue weighted by Crippen LogP contribution is -2.37. The van der Waals surface area contributed by atoms with Gasteiger partial charge in [-0.3, -0.25) is 4.79 Å². The maximum atomic E-state index is 12.4. The van der Waals surface area contributed by atoms with Gasteiger partial charge in [-0.2, -0.15) is 0 Å². The standard InChI is InChI=1S/C24H33NO3/c1-5-17-27-22-14-8-6-11-20(22)12-10-16-25-24(26)19(4)28-23-15-9-7-13-21(23)18(2)3/h6-9,11,13-15,18-19H,5,10,12,16-17H2,1-4H3,(H,25,26)/t19-/m0/s1. The van der Waals surface area contributed by atoms with Crippen LogP contribution in [0, 0.1) is 0 Å². The Morgan fingerprint density at radius 2 is 1.68 bits per heavy atom. The van der Waals surface area contributed by atoms with Crippen LogP contribution in [-0.4, -0.2) is 25.2 Å². The summed E-state index contributed by atoms with van der Waals surface area (Å²) in [4.78, 5) is 12.4. The number of para-hydroxylation sites is 2. The molecule has 1 N–H and O–H groups in total. The highest BCUT2D eigenvalue weighted by atomic mass is 16.5. The molecule has 28 heavy (non-hydrogen) atoms. The Morgan fingerprint density at radius 3 is 2.39 bits per heavy atom. The summed E-state index contributed by atoms with van der Waals surface area (Å²) in [7, 11) is 0. The van der Waals surface area contributed by atoms with Crippen molar-refractivity contribution in [2.45, 2.75) is 59.0 Å². The second-order valence-corrected chi connectivity index (χ2v) is 7.30. The van der Waals surface area contributed by atoms with Gasteiger partial charge in [0, 0.05) is 6.54 Å². The lowest BCUT2D eigenvalue weighted by molar-refractivity contribution is -0.127. The van der Waals surface area contributed by atoms with Gasteiger partial charge in [0.1, 0.15) is 11.5 Å². The fourth-order valence-corrected chi connectivity index (χ4v) is 3.01. The van der Waals surface area contributed by atoms with Crippen molar-refractivity contribution in [3.63, 3.8) is 0 Å². The number of benzene rings is 2. The Kier molecular flexibility index (Phi) is 8.86. The van der Waals surface area contributed by atoms with Crippen LogP contribution in [0.4, 0.5) is 0 Å². The summed E-state index contributed by atoms with van der Waals surface area (Å²) < 4.78 is 11.7. The normalized spacial score (nSPS) is 11.9. The second kappa shape index (κ2) is 11.4. The molecule has 4 nitrogen and oxygen atoms in total. The quantitative estimate of drug-likeness (QED) is 0.548. The zero-order valence-corrected chi connectivity index (χ0v) is 17.5. The van der Waals surface area contributed by atoms with Crippen LogP contribution in [-0.2, 0) is 11.2 Å². The van der Waals surface area contributed by atoms with Crippen molar-refractivity contribution in [1.82, 2.24) is 5.32 Å². The zero-order valence-electron chi connectivity index (χ0n) is 17.5. The Hall–Kier alpha value is -2.49. The largest absolute Gasteiger partial charge is 0.493 e. The lowest BCUT2D eigenvalue weighted by atomic mass is 10.0. The molecule has 2 aromatic carbocycles. The summed E-state index contributed by atoms with van der Waals surface area (Å²) in [6.07, 6.45) is 2.18. The van der Waals surface area contributed by atoms with Crippen molar-refractivity contribution < 1.29 is 14.3 Å². The van der Waals surface area contributed by atoms with Crippen LogP contribution in [0.2, 0.25) is 0 Å².